The van der Waals surface area contributed by atoms with Crippen LogP contribution in [0.1, 0.15) is 25.0 Å². The van der Waals surface area contributed by atoms with Crippen LogP contribution in [0.5, 0.6) is 0 Å². The zero-order chi connectivity index (χ0) is 22.1. The van der Waals surface area contributed by atoms with Crippen molar-refractivity contribution in [1.82, 2.24) is 25.4 Å². The van der Waals surface area contributed by atoms with Crippen LogP contribution < -0.4 is 10.6 Å². The number of hydrogen-bond acceptors (Lipinski definition) is 4. The average molecular weight is 418 g/mol. The van der Waals surface area contributed by atoms with Crippen molar-refractivity contribution >= 4 is 17.9 Å². The predicted octanol–water partition coefficient (Wildman–Crippen LogP) is 2.90. The number of carbonyl (C=O) groups excluding carboxylic acids is 2. The molecule has 3 aromatic rings. The second-order valence-corrected chi connectivity index (χ2v) is 7.43. The number of benzene rings is 1. The highest BCUT2D eigenvalue weighted by Crippen LogP contribution is 2.22. The summed E-state index contributed by atoms with van der Waals surface area (Å²) in [6, 6.07) is 13.9. The molecule has 2 N–H and O–H groups in total. The Bertz CT molecular complexity index is 1030. The Hall–Kier alpha value is -3.74. The minimum atomic E-state index is -0.230. The van der Waals surface area contributed by atoms with Gasteiger partial charge in [-0.15, -0.1) is 0 Å². The van der Waals surface area contributed by atoms with Crippen molar-refractivity contribution in [2.75, 3.05) is 13.1 Å². The standard InChI is InChI=1S/C24H27N5O2/c1-18(2)24(31)27-14-13-26-22(30)11-10-21-17-29(16-19-7-4-3-5-8-19)28-23(21)20-9-6-12-25-15-20/h3-12,15,17-18H,13-14,16H2,1-2H3,(H,26,30)(H,27,31). The van der Waals surface area contributed by atoms with Gasteiger partial charge in [-0.3, -0.25) is 19.3 Å². The van der Waals surface area contributed by atoms with E-state index in [2.05, 4.69) is 15.6 Å². The highest BCUT2D eigenvalue weighted by molar-refractivity contribution is 5.92. The summed E-state index contributed by atoms with van der Waals surface area (Å²) < 4.78 is 1.86. The average Bonchev–Trinajstić information content (AvgIpc) is 3.19. The smallest absolute Gasteiger partial charge is 0.244 e. The van der Waals surface area contributed by atoms with Gasteiger partial charge in [-0.1, -0.05) is 44.2 Å². The van der Waals surface area contributed by atoms with E-state index < -0.39 is 0 Å². The highest BCUT2D eigenvalue weighted by atomic mass is 16.2. The molecular formula is C24H27N5O2. The van der Waals surface area contributed by atoms with Crippen LogP contribution in [-0.4, -0.2) is 39.7 Å². The third-order valence-corrected chi connectivity index (χ3v) is 4.57. The van der Waals surface area contributed by atoms with Crippen molar-refractivity contribution in [3.8, 4) is 11.3 Å². The van der Waals surface area contributed by atoms with Gasteiger partial charge in [0, 0.05) is 54.8 Å². The molecule has 0 radical (unpaired) electrons. The lowest BCUT2D eigenvalue weighted by Gasteiger charge is -2.07. The largest absolute Gasteiger partial charge is 0.354 e. The van der Waals surface area contributed by atoms with E-state index in [1.807, 2.05) is 67.2 Å². The molecule has 0 aliphatic carbocycles. The fourth-order valence-corrected chi connectivity index (χ4v) is 2.94. The molecule has 0 fully saturated rings. The molecule has 0 spiro atoms. The Balaban J connectivity index is 1.68. The quantitative estimate of drug-likeness (QED) is 0.414. The molecule has 2 aromatic heterocycles. The minimum absolute atomic E-state index is 0.0308. The van der Waals surface area contributed by atoms with E-state index in [0.29, 0.717) is 19.6 Å². The van der Waals surface area contributed by atoms with Crippen molar-refractivity contribution in [2.45, 2.75) is 20.4 Å². The Morgan fingerprint density at radius 3 is 2.55 bits per heavy atom. The van der Waals surface area contributed by atoms with Crippen molar-refractivity contribution in [2.24, 2.45) is 5.92 Å². The van der Waals surface area contributed by atoms with E-state index in [1.54, 1.807) is 18.5 Å². The van der Waals surface area contributed by atoms with E-state index in [-0.39, 0.29) is 17.7 Å². The number of aromatic nitrogens is 3. The number of nitrogens with one attached hydrogen (secondary N) is 2. The number of nitrogens with zero attached hydrogens (tertiary/aromatic N) is 3. The molecule has 0 saturated carbocycles. The summed E-state index contributed by atoms with van der Waals surface area (Å²) in [4.78, 5) is 27.9. The van der Waals surface area contributed by atoms with Crippen molar-refractivity contribution in [1.29, 1.82) is 0 Å². The maximum atomic E-state index is 12.2. The molecule has 0 unspecified atom stereocenters. The Morgan fingerprint density at radius 2 is 1.84 bits per heavy atom. The number of rotatable bonds is 9. The topological polar surface area (TPSA) is 88.9 Å². The van der Waals surface area contributed by atoms with E-state index >= 15 is 0 Å². The van der Waals surface area contributed by atoms with Crippen molar-refractivity contribution in [3.05, 3.63) is 78.3 Å². The van der Waals surface area contributed by atoms with Gasteiger partial charge in [0.05, 0.1) is 6.54 Å². The summed E-state index contributed by atoms with van der Waals surface area (Å²) >= 11 is 0. The molecule has 160 valence electrons. The molecule has 31 heavy (non-hydrogen) atoms. The Labute approximate surface area is 182 Å². The fourth-order valence-electron chi connectivity index (χ4n) is 2.94. The van der Waals surface area contributed by atoms with Crippen molar-refractivity contribution < 1.29 is 9.59 Å². The van der Waals surface area contributed by atoms with E-state index in [9.17, 15) is 9.59 Å². The third-order valence-electron chi connectivity index (χ3n) is 4.57. The zero-order valence-electron chi connectivity index (χ0n) is 17.8. The SMILES string of the molecule is CC(C)C(=O)NCCNC(=O)C=Cc1cn(Cc2ccccc2)nc1-c1cccnc1. The monoisotopic (exact) mass is 417 g/mol. The summed E-state index contributed by atoms with van der Waals surface area (Å²) in [6.45, 7) is 5.05. The molecule has 2 amide bonds. The van der Waals surface area contributed by atoms with Gasteiger partial charge in [-0.25, -0.2) is 0 Å². The first-order valence-electron chi connectivity index (χ1n) is 10.3. The van der Waals surface area contributed by atoms with Crippen LogP contribution in [-0.2, 0) is 16.1 Å². The van der Waals surface area contributed by atoms with Crippen LogP contribution in [0.15, 0.2) is 67.1 Å². The molecule has 2 heterocycles. The molecule has 0 saturated heterocycles. The van der Waals surface area contributed by atoms with Crippen LogP contribution in [0.2, 0.25) is 0 Å². The van der Waals surface area contributed by atoms with Gasteiger partial charge >= 0.3 is 0 Å². The van der Waals surface area contributed by atoms with Gasteiger partial charge in [-0.2, -0.15) is 5.10 Å². The second-order valence-electron chi connectivity index (χ2n) is 7.43. The number of amides is 2. The molecular weight excluding hydrogens is 390 g/mol. The van der Waals surface area contributed by atoms with Gasteiger partial charge in [0.2, 0.25) is 11.8 Å². The molecule has 0 bridgehead atoms. The van der Waals surface area contributed by atoms with E-state index in [1.165, 1.54) is 6.08 Å². The lowest BCUT2D eigenvalue weighted by atomic mass is 10.1. The molecule has 7 nitrogen and oxygen atoms in total. The third kappa shape index (κ3) is 6.64. The summed E-state index contributed by atoms with van der Waals surface area (Å²) in [5.41, 5.74) is 3.61. The second kappa shape index (κ2) is 10.9. The van der Waals surface area contributed by atoms with Crippen LogP contribution >= 0.6 is 0 Å². The Kier molecular flexibility index (Phi) is 7.70. The van der Waals surface area contributed by atoms with Gasteiger partial charge in [0.25, 0.3) is 0 Å². The first-order valence-corrected chi connectivity index (χ1v) is 10.3. The maximum absolute atomic E-state index is 12.2. The van der Waals surface area contributed by atoms with Crippen molar-refractivity contribution in [3.63, 3.8) is 0 Å². The molecule has 1 aromatic carbocycles. The van der Waals surface area contributed by atoms with E-state index in [0.717, 1.165) is 22.4 Å². The van der Waals surface area contributed by atoms with Gasteiger partial charge in [0.15, 0.2) is 0 Å². The fraction of sp³-hybridized carbons (Fsp3) is 0.250. The first kappa shape index (κ1) is 22.0. The number of hydrogen-bond donors (Lipinski definition) is 2. The molecule has 0 atom stereocenters. The predicted molar refractivity (Wildman–Crippen MR) is 121 cm³/mol. The summed E-state index contributed by atoms with van der Waals surface area (Å²) in [6.07, 6.45) is 8.62. The van der Waals surface area contributed by atoms with Crippen LogP contribution in [0, 0.1) is 5.92 Å². The number of pyridine rings is 1. The van der Waals surface area contributed by atoms with E-state index in [4.69, 9.17) is 5.10 Å². The van der Waals surface area contributed by atoms with Gasteiger partial charge < -0.3 is 10.6 Å². The minimum Gasteiger partial charge on any atom is -0.354 e. The van der Waals surface area contributed by atoms with Crippen LogP contribution in [0.4, 0.5) is 0 Å². The highest BCUT2D eigenvalue weighted by Gasteiger charge is 2.10. The molecule has 7 heteroatoms. The first-order chi connectivity index (χ1) is 15.0. The van der Waals surface area contributed by atoms with Crippen LogP contribution in [0.3, 0.4) is 0 Å². The lowest BCUT2D eigenvalue weighted by Crippen LogP contribution is -2.35. The molecule has 3 rings (SSSR count). The zero-order valence-corrected chi connectivity index (χ0v) is 17.8. The van der Waals surface area contributed by atoms with Crippen LogP contribution in [0.25, 0.3) is 17.3 Å². The maximum Gasteiger partial charge on any atom is 0.244 e. The summed E-state index contributed by atoms with van der Waals surface area (Å²) in [7, 11) is 0. The van der Waals surface area contributed by atoms with Gasteiger partial charge in [-0.05, 0) is 23.8 Å². The summed E-state index contributed by atoms with van der Waals surface area (Å²) in [5.74, 6) is -0.336. The van der Waals surface area contributed by atoms with Gasteiger partial charge in [0.1, 0.15) is 5.69 Å². The summed E-state index contributed by atoms with van der Waals surface area (Å²) in [5, 5.41) is 10.3. The number of carbonyl (C=O) groups is 2. The Morgan fingerprint density at radius 1 is 1.06 bits per heavy atom. The lowest BCUT2D eigenvalue weighted by molar-refractivity contribution is -0.124. The molecule has 0 aliphatic rings. The normalized spacial score (nSPS) is 11.1. The molecule has 0 aliphatic heterocycles.